The van der Waals surface area contributed by atoms with Crippen molar-refractivity contribution in [1.82, 2.24) is 9.97 Å². The van der Waals surface area contributed by atoms with Crippen molar-refractivity contribution in [3.63, 3.8) is 0 Å². The van der Waals surface area contributed by atoms with Gasteiger partial charge in [0, 0.05) is 11.5 Å². The first-order chi connectivity index (χ1) is 17.8. The molecular formula is C26H12N2S8. The Hall–Kier alpha value is -1.34. The van der Waals surface area contributed by atoms with Gasteiger partial charge in [0.05, 0.1) is 47.2 Å². The quantitative estimate of drug-likeness (QED) is 0.182. The molecule has 0 fully saturated rings. The van der Waals surface area contributed by atoms with Crippen LogP contribution in [-0.2, 0) is 0 Å². The van der Waals surface area contributed by atoms with Gasteiger partial charge in [0.2, 0.25) is 0 Å². The molecule has 0 saturated carbocycles. The van der Waals surface area contributed by atoms with Gasteiger partial charge in [-0.25, -0.2) is 9.97 Å². The molecule has 36 heavy (non-hydrogen) atoms. The van der Waals surface area contributed by atoms with Crippen LogP contribution in [0.25, 0.3) is 20.4 Å². The van der Waals surface area contributed by atoms with E-state index in [-0.39, 0.29) is 0 Å². The summed E-state index contributed by atoms with van der Waals surface area (Å²) in [7, 11) is 0. The number of allylic oxidation sites excluding steroid dienone is 2. The Balaban J connectivity index is 1.23. The Morgan fingerprint density at radius 2 is 1.00 bits per heavy atom. The minimum absolute atomic E-state index is 0.837. The highest BCUT2D eigenvalue weighted by atomic mass is 32.3. The maximum absolute atomic E-state index is 4.69. The number of hydrogen-bond donors (Lipinski definition) is 0. The zero-order valence-electron chi connectivity index (χ0n) is 18.2. The highest BCUT2D eigenvalue weighted by molar-refractivity contribution is 8.43. The number of aromatic nitrogens is 2. The van der Waals surface area contributed by atoms with Gasteiger partial charge < -0.3 is 0 Å². The van der Waals surface area contributed by atoms with Crippen LogP contribution in [0.5, 0.6) is 0 Å². The molecule has 2 aromatic heterocycles. The molecule has 3 aliphatic heterocycles. The summed E-state index contributed by atoms with van der Waals surface area (Å²) in [6, 6.07) is 16.4. The van der Waals surface area contributed by atoms with Gasteiger partial charge in [-0.2, -0.15) is 0 Å². The summed E-state index contributed by atoms with van der Waals surface area (Å²) in [6.07, 6.45) is 0. The lowest BCUT2D eigenvalue weighted by molar-refractivity contribution is 1.45. The van der Waals surface area contributed by atoms with Crippen LogP contribution in [0, 0.1) is 23.7 Å². The lowest BCUT2D eigenvalue weighted by Gasteiger charge is -2.08. The lowest BCUT2D eigenvalue weighted by Crippen LogP contribution is -1.88. The van der Waals surface area contributed by atoms with Crippen molar-refractivity contribution in [2.45, 2.75) is 0 Å². The molecule has 0 N–H and O–H groups in total. The Bertz CT molecular complexity index is 1570. The van der Waals surface area contributed by atoms with E-state index in [1.54, 1.807) is 46.2 Å². The molecule has 0 saturated heterocycles. The van der Waals surface area contributed by atoms with E-state index in [4.69, 9.17) is 9.97 Å². The van der Waals surface area contributed by atoms with Gasteiger partial charge in [-0.15, -0.1) is 46.2 Å². The molecule has 2 aromatic carbocycles. The van der Waals surface area contributed by atoms with Crippen molar-refractivity contribution in [3.05, 3.63) is 85.3 Å². The van der Waals surface area contributed by atoms with Gasteiger partial charge in [0.15, 0.2) is 10.0 Å². The molecule has 4 aromatic rings. The first-order valence-corrected chi connectivity index (χ1v) is 17.6. The van der Waals surface area contributed by atoms with Crippen LogP contribution < -0.4 is 0 Å². The number of hydrogen-bond acceptors (Lipinski definition) is 10. The predicted molar refractivity (Wildman–Crippen MR) is 169 cm³/mol. The van der Waals surface area contributed by atoms with Crippen LogP contribution in [0.15, 0.2) is 75.3 Å². The molecule has 0 bridgehead atoms. The molecule has 0 atom stereocenters. The van der Waals surface area contributed by atoms with Crippen molar-refractivity contribution in [2.24, 2.45) is 0 Å². The third kappa shape index (κ3) is 4.91. The molecule has 174 valence electrons. The molecule has 0 spiro atoms. The fourth-order valence-electron chi connectivity index (χ4n) is 3.42. The zero-order chi connectivity index (χ0) is 23.9. The van der Waals surface area contributed by atoms with Gasteiger partial charge in [-0.3, -0.25) is 0 Å². The number of para-hydroxylation sites is 2. The molecular weight excluding hydrogens is 597 g/mol. The fourth-order valence-corrected chi connectivity index (χ4v) is 13.6. The van der Waals surface area contributed by atoms with Gasteiger partial charge >= 0.3 is 0 Å². The van der Waals surface area contributed by atoms with Gasteiger partial charge in [-0.05, 0) is 47.9 Å². The predicted octanol–water partition coefficient (Wildman–Crippen LogP) is 9.21. The van der Waals surface area contributed by atoms with E-state index in [2.05, 4.69) is 35.8 Å². The van der Waals surface area contributed by atoms with E-state index in [1.165, 1.54) is 28.5 Å². The Morgan fingerprint density at radius 3 is 1.50 bits per heavy atom. The number of benzene rings is 2. The van der Waals surface area contributed by atoms with Crippen LogP contribution in [0.3, 0.4) is 0 Å². The number of thioether (sulfide) groups is 6. The number of nitrogens with zero attached hydrogens (tertiary/aromatic N) is 2. The zero-order valence-corrected chi connectivity index (χ0v) is 24.7. The standard InChI is InChI=1S/C26H12N2S8/c1-3-7-17-15(5-1)27-21(31-17)11-9-19-20(10-12-22-28-16-6-2-4-8-18(16)32-22)34-25(33-19)26-35-23-24(36-26)30-14-13-29-23/h1-8H,13-14H2. The first kappa shape index (κ1) is 23.8. The van der Waals surface area contributed by atoms with E-state index in [0.717, 1.165) is 40.3 Å². The van der Waals surface area contributed by atoms with Crippen molar-refractivity contribution in [3.8, 4) is 23.7 Å². The number of thiazole rings is 2. The molecule has 0 amide bonds. The van der Waals surface area contributed by atoms with Crippen molar-refractivity contribution in [2.75, 3.05) is 11.5 Å². The maximum Gasteiger partial charge on any atom is 0.168 e. The summed E-state index contributed by atoms with van der Waals surface area (Å²) in [4.78, 5) is 11.4. The molecule has 7 rings (SSSR count). The van der Waals surface area contributed by atoms with E-state index in [0.29, 0.717) is 0 Å². The van der Waals surface area contributed by atoms with Crippen molar-refractivity contribution >= 4 is 114 Å². The summed E-state index contributed by atoms with van der Waals surface area (Å²) < 4.78 is 7.87. The van der Waals surface area contributed by atoms with Gasteiger partial charge in [0.1, 0.15) is 0 Å². The molecule has 2 nitrogen and oxygen atoms in total. The van der Waals surface area contributed by atoms with E-state index in [9.17, 15) is 0 Å². The minimum Gasteiger partial charge on any atom is -0.228 e. The monoisotopic (exact) mass is 608 g/mol. The average Bonchev–Trinajstić information content (AvgIpc) is 3.68. The summed E-state index contributed by atoms with van der Waals surface area (Å²) >= 11 is 14.5. The van der Waals surface area contributed by atoms with Crippen molar-refractivity contribution < 1.29 is 0 Å². The maximum atomic E-state index is 4.69. The molecule has 0 unspecified atom stereocenters. The van der Waals surface area contributed by atoms with E-state index in [1.807, 2.05) is 83.4 Å². The van der Waals surface area contributed by atoms with E-state index < -0.39 is 0 Å². The Labute approximate surface area is 242 Å². The Morgan fingerprint density at radius 1 is 0.528 bits per heavy atom. The van der Waals surface area contributed by atoms with E-state index >= 15 is 0 Å². The smallest absolute Gasteiger partial charge is 0.168 e. The van der Waals surface area contributed by atoms with Gasteiger partial charge in [-0.1, -0.05) is 71.3 Å². The lowest BCUT2D eigenvalue weighted by atomic mass is 10.3. The number of fused-ring (bicyclic) bond motifs is 2. The normalized spacial score (nSPS) is 17.4. The van der Waals surface area contributed by atoms with Crippen molar-refractivity contribution in [1.29, 1.82) is 0 Å². The third-order valence-corrected chi connectivity index (χ3v) is 15.6. The van der Waals surface area contributed by atoms with Crippen LogP contribution in [-0.4, -0.2) is 21.5 Å². The van der Waals surface area contributed by atoms with Crippen LogP contribution in [0.4, 0.5) is 0 Å². The fraction of sp³-hybridized carbons (Fsp3) is 0.0769. The van der Waals surface area contributed by atoms with Crippen LogP contribution in [0.1, 0.15) is 10.0 Å². The summed E-state index contributed by atoms with van der Waals surface area (Å²) in [6.45, 7) is 0. The third-order valence-electron chi connectivity index (χ3n) is 5.00. The van der Waals surface area contributed by atoms with Crippen LogP contribution >= 0.6 is 93.2 Å². The molecule has 0 aliphatic carbocycles. The topological polar surface area (TPSA) is 25.8 Å². The second-order valence-electron chi connectivity index (χ2n) is 7.39. The highest BCUT2D eigenvalue weighted by Gasteiger charge is 2.31. The molecule has 0 radical (unpaired) electrons. The molecule has 5 heterocycles. The largest absolute Gasteiger partial charge is 0.228 e. The average molecular weight is 609 g/mol. The Kier molecular flexibility index (Phi) is 6.88. The van der Waals surface area contributed by atoms with Crippen LogP contribution in [0.2, 0.25) is 0 Å². The summed E-state index contributed by atoms with van der Waals surface area (Å²) in [5.41, 5.74) is 2.00. The second kappa shape index (κ2) is 10.4. The van der Waals surface area contributed by atoms with Gasteiger partial charge in [0.25, 0.3) is 0 Å². The minimum atomic E-state index is 0.837. The second-order valence-corrected chi connectivity index (χ2v) is 16.8. The molecule has 3 aliphatic rings. The molecule has 10 heteroatoms. The first-order valence-electron chi connectivity index (χ1n) is 10.7. The summed E-state index contributed by atoms with van der Waals surface area (Å²) in [5, 5.41) is 1.67. The number of rotatable bonds is 0. The SMILES string of the molecule is C(#Cc1nc2ccccc2s1)C1=C(C#Cc2nc3ccccc3s2)SC(=C2SC3=C(SCCS3)S2)S1. The highest BCUT2D eigenvalue weighted by Crippen LogP contribution is 2.64. The summed E-state index contributed by atoms with van der Waals surface area (Å²) in [5.74, 6) is 15.8.